The van der Waals surface area contributed by atoms with E-state index in [1.54, 1.807) is 0 Å². The molecule has 1 atom stereocenters. The van der Waals surface area contributed by atoms with Gasteiger partial charge in [-0.15, -0.1) is 0 Å². The van der Waals surface area contributed by atoms with Crippen molar-refractivity contribution >= 4 is 5.91 Å². The monoisotopic (exact) mass is 236 g/mol. The highest BCUT2D eigenvalue weighted by atomic mass is 16.5. The molecule has 93 valence electrons. The van der Waals surface area contributed by atoms with Gasteiger partial charge in [0.05, 0.1) is 12.6 Å². The molecule has 0 bridgehead atoms. The highest BCUT2D eigenvalue weighted by Gasteiger charge is 2.10. The first-order chi connectivity index (χ1) is 8.13. The second-order valence-electron chi connectivity index (χ2n) is 3.81. The predicted molar refractivity (Wildman–Crippen MR) is 65.4 cm³/mol. The average Bonchev–Trinajstić information content (AvgIpc) is 2.31. The Morgan fingerprint density at radius 1 is 1.35 bits per heavy atom. The van der Waals surface area contributed by atoms with Gasteiger partial charge in [0.25, 0.3) is 5.91 Å². The van der Waals surface area contributed by atoms with E-state index in [0.717, 1.165) is 17.7 Å². The summed E-state index contributed by atoms with van der Waals surface area (Å²) in [6.45, 7) is 1.21. The van der Waals surface area contributed by atoms with Gasteiger partial charge in [0.15, 0.2) is 0 Å². The minimum Gasteiger partial charge on any atom is -0.494 e. The average molecular weight is 236 g/mol. The number of nitrogens with one attached hydrogen (secondary N) is 1. The normalized spacial score (nSPS) is 12.1. The van der Waals surface area contributed by atoms with Gasteiger partial charge >= 0.3 is 0 Å². The highest BCUT2D eigenvalue weighted by molar-refractivity contribution is 5.79. The van der Waals surface area contributed by atoms with E-state index in [1.165, 1.54) is 0 Å². The third-order valence-corrected chi connectivity index (χ3v) is 2.33. The van der Waals surface area contributed by atoms with Crippen LogP contribution in [0.1, 0.15) is 12.0 Å². The quantitative estimate of drug-likeness (QED) is 0.655. The van der Waals surface area contributed by atoms with Crippen LogP contribution in [0.15, 0.2) is 24.3 Å². The first kappa shape index (κ1) is 13.5. The minimum atomic E-state index is -0.751. The molecule has 1 unspecified atom stereocenters. The maximum Gasteiger partial charge on any atom is 0.255 e. The van der Waals surface area contributed by atoms with Crippen LogP contribution < -0.4 is 21.9 Å². The Kier molecular flexibility index (Phi) is 5.45. The van der Waals surface area contributed by atoms with Gasteiger partial charge in [-0.05, 0) is 37.1 Å². The fourth-order valence-electron chi connectivity index (χ4n) is 1.34. The maximum absolute atomic E-state index is 10.7. The summed E-state index contributed by atoms with van der Waals surface area (Å²) in [7, 11) is 0. The van der Waals surface area contributed by atoms with Crippen molar-refractivity contribution < 1.29 is 9.53 Å². The zero-order valence-corrected chi connectivity index (χ0v) is 9.69. The maximum atomic E-state index is 10.7. The zero-order chi connectivity index (χ0) is 12.7. The second-order valence-corrected chi connectivity index (χ2v) is 3.81. The molecule has 0 spiro atoms. The molecule has 5 N–H and O–H groups in total. The van der Waals surface area contributed by atoms with Crippen LogP contribution in [0.25, 0.3) is 0 Å². The smallest absolute Gasteiger partial charge is 0.255 e. The number of benzene rings is 1. The van der Waals surface area contributed by atoms with Crippen molar-refractivity contribution in [2.75, 3.05) is 13.2 Å². The summed E-state index contributed by atoms with van der Waals surface area (Å²) in [5, 5.41) is 0. The largest absolute Gasteiger partial charge is 0.494 e. The Morgan fingerprint density at radius 3 is 2.53 bits per heavy atom. The molecule has 0 aromatic heterocycles. The van der Waals surface area contributed by atoms with E-state index >= 15 is 0 Å². The van der Waals surface area contributed by atoms with Crippen LogP contribution in [0, 0.1) is 0 Å². The number of hydrogen-bond acceptors (Lipinski definition) is 4. The molecule has 0 aliphatic heterocycles. The van der Waals surface area contributed by atoms with E-state index in [-0.39, 0.29) is 0 Å². The van der Waals surface area contributed by atoms with Gasteiger partial charge in [-0.2, -0.15) is 0 Å². The number of carbonyl (C=O) groups excluding carboxylic acids is 1. The molecule has 1 aromatic carbocycles. The molecule has 1 amide bonds. The molecular formula is C12H18N3O2. The molecule has 1 radical (unpaired) electrons. The van der Waals surface area contributed by atoms with Crippen molar-refractivity contribution in [1.29, 1.82) is 0 Å². The van der Waals surface area contributed by atoms with Crippen molar-refractivity contribution in [2.24, 2.45) is 11.5 Å². The predicted octanol–water partition coefficient (Wildman–Crippen LogP) is 0.0935. The second kappa shape index (κ2) is 6.88. The van der Waals surface area contributed by atoms with Crippen LogP contribution in [-0.2, 0) is 11.2 Å². The first-order valence-corrected chi connectivity index (χ1v) is 5.56. The number of carbonyl (C=O) groups is 1. The molecule has 0 saturated carbocycles. The van der Waals surface area contributed by atoms with Crippen LogP contribution >= 0.6 is 0 Å². The Morgan fingerprint density at radius 2 is 2.00 bits per heavy atom. The van der Waals surface area contributed by atoms with Crippen molar-refractivity contribution in [3.8, 4) is 5.75 Å². The topological polar surface area (TPSA) is 102 Å². The van der Waals surface area contributed by atoms with E-state index in [0.29, 0.717) is 19.6 Å². The molecule has 1 rings (SSSR count). The minimum absolute atomic E-state index is 0.380. The van der Waals surface area contributed by atoms with Gasteiger partial charge in [-0.25, -0.2) is 0 Å². The van der Waals surface area contributed by atoms with Crippen LogP contribution in [0.4, 0.5) is 0 Å². The summed E-state index contributed by atoms with van der Waals surface area (Å²) in [5.74, 6) is 0.0289. The van der Waals surface area contributed by atoms with Crippen molar-refractivity contribution in [3.63, 3.8) is 0 Å². The number of ether oxygens (including phenoxy) is 1. The van der Waals surface area contributed by atoms with Crippen molar-refractivity contribution in [2.45, 2.75) is 18.9 Å². The van der Waals surface area contributed by atoms with Gasteiger partial charge in [-0.1, -0.05) is 12.1 Å². The number of hydrogen-bond donors (Lipinski definition) is 2. The molecule has 0 heterocycles. The molecule has 5 nitrogen and oxygen atoms in total. The summed E-state index contributed by atoms with van der Waals surface area (Å²) in [4.78, 5) is 10.7. The molecular weight excluding hydrogens is 218 g/mol. The Labute approximate surface area is 101 Å². The van der Waals surface area contributed by atoms with Crippen LogP contribution in [0.2, 0.25) is 0 Å². The van der Waals surface area contributed by atoms with E-state index in [1.807, 2.05) is 24.3 Å². The highest BCUT2D eigenvalue weighted by Crippen LogP contribution is 2.13. The lowest BCUT2D eigenvalue weighted by atomic mass is 10.1. The summed E-state index contributed by atoms with van der Waals surface area (Å²) in [5.41, 5.74) is 18.7. The van der Waals surface area contributed by atoms with E-state index in [4.69, 9.17) is 21.9 Å². The molecule has 0 aliphatic rings. The van der Waals surface area contributed by atoms with E-state index in [9.17, 15) is 4.79 Å². The standard InChI is InChI=1S/C12H18N3O2/c13-6-1-7-17-10-4-2-9(3-5-10)8-11(14)12(15)16/h2-5,11,15H,1,6-8,13-14H2. The molecule has 0 aliphatic carbocycles. The summed E-state index contributed by atoms with van der Waals surface area (Å²) < 4.78 is 5.44. The van der Waals surface area contributed by atoms with Crippen LogP contribution in [0.3, 0.4) is 0 Å². The fourth-order valence-corrected chi connectivity index (χ4v) is 1.34. The van der Waals surface area contributed by atoms with Crippen LogP contribution in [0.5, 0.6) is 5.75 Å². The van der Waals surface area contributed by atoms with Crippen molar-refractivity contribution in [1.82, 2.24) is 5.73 Å². The Balaban J connectivity index is 2.47. The zero-order valence-electron chi connectivity index (χ0n) is 9.69. The molecule has 5 heteroatoms. The summed E-state index contributed by atoms with van der Waals surface area (Å²) in [6.07, 6.45) is 1.20. The lowest BCUT2D eigenvalue weighted by Crippen LogP contribution is -2.33. The third-order valence-electron chi connectivity index (χ3n) is 2.33. The first-order valence-electron chi connectivity index (χ1n) is 5.56. The summed E-state index contributed by atoms with van der Waals surface area (Å²) >= 11 is 0. The van der Waals surface area contributed by atoms with Gasteiger partial charge < -0.3 is 16.2 Å². The molecule has 0 saturated heterocycles. The number of rotatable bonds is 7. The number of amides is 1. The Bertz CT molecular complexity index is 351. The van der Waals surface area contributed by atoms with Crippen molar-refractivity contribution in [3.05, 3.63) is 29.8 Å². The number of nitrogens with two attached hydrogens (primary N) is 2. The van der Waals surface area contributed by atoms with E-state index < -0.39 is 11.9 Å². The van der Waals surface area contributed by atoms with Crippen LogP contribution in [-0.4, -0.2) is 25.1 Å². The Hall–Kier alpha value is -1.59. The SMILES string of the molecule is [NH]C(=O)C(N)Cc1ccc(OCCCN)cc1. The third kappa shape index (κ3) is 4.84. The molecule has 1 aromatic rings. The fraction of sp³-hybridized carbons (Fsp3) is 0.417. The van der Waals surface area contributed by atoms with Gasteiger partial charge in [0.1, 0.15) is 5.75 Å². The van der Waals surface area contributed by atoms with E-state index in [2.05, 4.69) is 0 Å². The summed E-state index contributed by atoms with van der Waals surface area (Å²) in [6, 6.07) is 6.60. The lowest BCUT2D eigenvalue weighted by molar-refractivity contribution is -0.119. The van der Waals surface area contributed by atoms with Gasteiger partial charge in [-0.3, -0.25) is 10.5 Å². The molecule has 17 heavy (non-hydrogen) atoms. The molecule has 0 fully saturated rings. The lowest BCUT2D eigenvalue weighted by Gasteiger charge is -2.08. The van der Waals surface area contributed by atoms with Gasteiger partial charge in [0.2, 0.25) is 0 Å². The van der Waals surface area contributed by atoms with Gasteiger partial charge in [0, 0.05) is 0 Å².